The molecule has 26 heavy (non-hydrogen) atoms. The fourth-order valence-corrected chi connectivity index (χ4v) is 2.62. The van der Waals surface area contributed by atoms with Crippen LogP contribution < -0.4 is 5.32 Å². The van der Waals surface area contributed by atoms with Crippen molar-refractivity contribution >= 4 is 39.4 Å². The lowest BCUT2D eigenvalue weighted by Crippen LogP contribution is -2.30. The highest BCUT2D eigenvalue weighted by Crippen LogP contribution is 2.13. The van der Waals surface area contributed by atoms with E-state index in [0.717, 1.165) is 0 Å². The molecule has 1 aromatic carbocycles. The number of anilines is 1. The van der Waals surface area contributed by atoms with E-state index in [-0.39, 0.29) is 11.6 Å². The Morgan fingerprint density at radius 1 is 1.15 bits per heavy atom. The van der Waals surface area contributed by atoms with Crippen molar-refractivity contribution in [2.45, 2.75) is 13.8 Å². The molecule has 0 atom stereocenters. The molecule has 138 valence electrons. The van der Waals surface area contributed by atoms with Crippen molar-refractivity contribution in [3.63, 3.8) is 0 Å². The molecule has 0 aliphatic carbocycles. The van der Waals surface area contributed by atoms with Crippen LogP contribution in [0.5, 0.6) is 0 Å². The van der Waals surface area contributed by atoms with Crippen molar-refractivity contribution in [1.29, 1.82) is 0 Å². The van der Waals surface area contributed by atoms with Crippen LogP contribution in [0.1, 0.15) is 34.7 Å². The van der Waals surface area contributed by atoms with Gasteiger partial charge in [0.25, 0.3) is 11.8 Å². The van der Waals surface area contributed by atoms with E-state index in [0.29, 0.717) is 28.8 Å². The van der Waals surface area contributed by atoms with Crippen LogP contribution in [0.3, 0.4) is 0 Å². The van der Waals surface area contributed by atoms with Crippen molar-refractivity contribution in [3.05, 3.63) is 52.3 Å². The zero-order valence-electron chi connectivity index (χ0n) is 14.5. The van der Waals surface area contributed by atoms with Gasteiger partial charge >= 0.3 is 5.97 Å². The van der Waals surface area contributed by atoms with Crippen LogP contribution in [0.2, 0.25) is 0 Å². The van der Waals surface area contributed by atoms with Gasteiger partial charge in [-0.15, -0.1) is 0 Å². The highest BCUT2D eigenvalue weighted by molar-refractivity contribution is 9.10. The van der Waals surface area contributed by atoms with Gasteiger partial charge in [-0.05, 0) is 60.1 Å². The summed E-state index contributed by atoms with van der Waals surface area (Å²) in [7, 11) is 0. The molecular formula is C18H20BrN3O4. The lowest BCUT2D eigenvalue weighted by Gasteiger charge is -2.18. The highest BCUT2D eigenvalue weighted by Gasteiger charge is 2.14. The number of aromatic amines is 1. The van der Waals surface area contributed by atoms with Crippen molar-refractivity contribution in [2.75, 3.05) is 25.0 Å². The fourth-order valence-electron chi connectivity index (χ4n) is 2.28. The highest BCUT2D eigenvalue weighted by atomic mass is 79.9. The number of esters is 1. The number of halogens is 1. The topological polar surface area (TPSA) is 91.5 Å². The van der Waals surface area contributed by atoms with Gasteiger partial charge in [0, 0.05) is 35.0 Å². The number of H-pyrrole nitrogens is 1. The molecule has 2 aromatic rings. The number of amides is 2. The van der Waals surface area contributed by atoms with E-state index < -0.39 is 18.5 Å². The average Bonchev–Trinajstić information content (AvgIpc) is 3.08. The Labute approximate surface area is 159 Å². The molecule has 0 radical (unpaired) electrons. The normalized spacial score (nSPS) is 10.3. The van der Waals surface area contributed by atoms with Crippen LogP contribution in [0.15, 0.2) is 41.0 Å². The van der Waals surface area contributed by atoms with E-state index >= 15 is 0 Å². The third kappa shape index (κ3) is 5.19. The number of carbonyl (C=O) groups excluding carboxylic acids is 3. The molecule has 1 aromatic heterocycles. The predicted octanol–water partition coefficient (Wildman–Crippen LogP) is 3.05. The third-order valence-electron chi connectivity index (χ3n) is 3.67. The smallest absolute Gasteiger partial charge is 0.355 e. The van der Waals surface area contributed by atoms with Crippen molar-refractivity contribution in [3.8, 4) is 0 Å². The zero-order chi connectivity index (χ0) is 19.1. The number of rotatable bonds is 7. The zero-order valence-corrected chi connectivity index (χ0v) is 16.1. The summed E-state index contributed by atoms with van der Waals surface area (Å²) in [5, 5.41) is 2.62. The molecule has 0 aliphatic heterocycles. The minimum atomic E-state index is -0.619. The average molecular weight is 422 g/mol. The summed E-state index contributed by atoms with van der Waals surface area (Å²) in [4.78, 5) is 40.3. The number of hydrogen-bond acceptors (Lipinski definition) is 4. The first-order valence-electron chi connectivity index (χ1n) is 8.14. The summed E-state index contributed by atoms with van der Waals surface area (Å²) >= 11 is 3.21. The maximum Gasteiger partial charge on any atom is 0.355 e. The number of carbonyl (C=O) groups is 3. The van der Waals surface area contributed by atoms with Gasteiger partial charge in [-0.1, -0.05) is 0 Å². The van der Waals surface area contributed by atoms with Gasteiger partial charge in [-0.2, -0.15) is 0 Å². The molecule has 0 spiro atoms. The van der Waals surface area contributed by atoms with Crippen molar-refractivity contribution in [1.82, 2.24) is 9.88 Å². The third-order valence-corrected chi connectivity index (χ3v) is 4.13. The van der Waals surface area contributed by atoms with Crippen LogP contribution in [-0.2, 0) is 9.53 Å². The Morgan fingerprint density at radius 2 is 1.81 bits per heavy atom. The van der Waals surface area contributed by atoms with E-state index in [1.165, 1.54) is 0 Å². The summed E-state index contributed by atoms with van der Waals surface area (Å²) in [6.07, 6.45) is 1.59. The van der Waals surface area contributed by atoms with Crippen LogP contribution in [0.4, 0.5) is 5.69 Å². The van der Waals surface area contributed by atoms with Crippen LogP contribution >= 0.6 is 15.9 Å². The van der Waals surface area contributed by atoms with Gasteiger partial charge in [-0.3, -0.25) is 9.59 Å². The summed E-state index contributed by atoms with van der Waals surface area (Å²) in [5.74, 6) is -1.14. The van der Waals surface area contributed by atoms with Crippen LogP contribution in [-0.4, -0.2) is 47.4 Å². The van der Waals surface area contributed by atoms with Gasteiger partial charge in [0.2, 0.25) is 0 Å². The molecule has 0 aliphatic rings. The first kappa shape index (κ1) is 19.7. The van der Waals surface area contributed by atoms with Gasteiger partial charge in [0.1, 0.15) is 5.69 Å². The molecular weight excluding hydrogens is 402 g/mol. The number of hydrogen-bond donors (Lipinski definition) is 2. The van der Waals surface area contributed by atoms with Gasteiger partial charge in [-0.25, -0.2) is 4.79 Å². The molecule has 2 N–H and O–H groups in total. The molecule has 2 amide bonds. The number of ether oxygens (including phenoxy) is 1. The maximum atomic E-state index is 12.2. The van der Waals surface area contributed by atoms with Gasteiger partial charge in [0.05, 0.1) is 0 Å². The van der Waals surface area contributed by atoms with E-state index in [1.807, 2.05) is 13.8 Å². The van der Waals surface area contributed by atoms with E-state index in [9.17, 15) is 14.4 Å². The van der Waals surface area contributed by atoms with Crippen molar-refractivity contribution < 1.29 is 19.1 Å². The second-order valence-electron chi connectivity index (χ2n) is 5.41. The van der Waals surface area contributed by atoms with Crippen molar-refractivity contribution in [2.24, 2.45) is 0 Å². The predicted molar refractivity (Wildman–Crippen MR) is 101 cm³/mol. The lowest BCUT2D eigenvalue weighted by molar-refractivity contribution is -0.119. The molecule has 0 saturated heterocycles. The van der Waals surface area contributed by atoms with E-state index in [4.69, 9.17) is 4.74 Å². The summed E-state index contributed by atoms with van der Waals surface area (Å²) in [6, 6.07) is 8.14. The molecule has 0 fully saturated rings. The first-order chi connectivity index (χ1) is 12.4. The minimum absolute atomic E-state index is 0.0566. The second kappa shape index (κ2) is 9.19. The Kier molecular flexibility index (Phi) is 6.97. The summed E-state index contributed by atoms with van der Waals surface area (Å²) in [5.41, 5.74) is 1.32. The molecule has 0 bridgehead atoms. The van der Waals surface area contributed by atoms with Crippen LogP contribution in [0.25, 0.3) is 0 Å². The number of aromatic nitrogens is 1. The quantitative estimate of drug-likeness (QED) is 0.671. The van der Waals surface area contributed by atoms with Gasteiger partial charge in [0.15, 0.2) is 6.61 Å². The molecule has 0 saturated carbocycles. The van der Waals surface area contributed by atoms with Gasteiger partial charge < -0.3 is 19.9 Å². The SMILES string of the molecule is CCN(CC)C(=O)c1ccc(NC(=O)COC(=O)c2cc(Br)c[nH]2)cc1. The maximum absolute atomic E-state index is 12.2. The number of nitrogens with zero attached hydrogens (tertiary/aromatic N) is 1. The number of nitrogens with one attached hydrogen (secondary N) is 2. The Hall–Kier alpha value is -2.61. The molecule has 2 rings (SSSR count). The minimum Gasteiger partial charge on any atom is -0.451 e. The summed E-state index contributed by atoms with van der Waals surface area (Å²) < 4.78 is 5.65. The summed E-state index contributed by atoms with van der Waals surface area (Å²) in [6.45, 7) is 4.70. The van der Waals surface area contributed by atoms with E-state index in [1.54, 1.807) is 41.4 Å². The first-order valence-corrected chi connectivity index (χ1v) is 8.94. The Morgan fingerprint density at radius 3 is 2.35 bits per heavy atom. The van der Waals surface area contributed by atoms with E-state index in [2.05, 4.69) is 26.2 Å². The lowest BCUT2D eigenvalue weighted by atomic mass is 10.2. The monoisotopic (exact) mass is 421 g/mol. The molecule has 7 nitrogen and oxygen atoms in total. The Balaban J connectivity index is 1.87. The van der Waals surface area contributed by atoms with Crippen LogP contribution in [0, 0.1) is 0 Å². The fraction of sp³-hybridized carbons (Fsp3) is 0.278. The molecule has 0 unspecified atom stereocenters. The Bertz CT molecular complexity index is 782. The number of benzene rings is 1. The molecule has 1 heterocycles. The largest absolute Gasteiger partial charge is 0.451 e. The second-order valence-corrected chi connectivity index (χ2v) is 6.33. The molecule has 8 heteroatoms. The standard InChI is InChI=1S/C18H20BrN3O4/c1-3-22(4-2)17(24)12-5-7-14(8-6-12)21-16(23)11-26-18(25)15-9-13(19)10-20-15/h5-10,20H,3-4,11H2,1-2H3,(H,21,23).